The molecule has 1 heterocycles. The van der Waals surface area contributed by atoms with E-state index >= 15 is 0 Å². The van der Waals surface area contributed by atoms with Crippen LogP contribution in [-0.4, -0.2) is 15.6 Å². The van der Waals surface area contributed by atoms with Crippen molar-refractivity contribution in [1.82, 2.24) is 0 Å². The first-order valence-electron chi connectivity index (χ1n) is 4.82. The normalized spacial score (nSPS) is 24.9. The van der Waals surface area contributed by atoms with Crippen LogP contribution in [0.3, 0.4) is 0 Å². The van der Waals surface area contributed by atoms with Crippen molar-refractivity contribution in [3.8, 4) is 0 Å². The topological polar surface area (TPSA) is 43.4 Å². The zero-order chi connectivity index (χ0) is 11.0. The van der Waals surface area contributed by atoms with E-state index in [1.165, 1.54) is 0 Å². The van der Waals surface area contributed by atoms with Crippen molar-refractivity contribution in [3.63, 3.8) is 0 Å². The summed E-state index contributed by atoms with van der Waals surface area (Å²) in [5.41, 5.74) is -0.0971. The van der Waals surface area contributed by atoms with Crippen molar-refractivity contribution in [2.45, 2.75) is 24.2 Å². The molecule has 2 unspecified atom stereocenters. The Hall–Kier alpha value is -1.16. The molecule has 0 bridgehead atoms. The Morgan fingerprint density at radius 2 is 2.00 bits per heavy atom. The Morgan fingerprint density at radius 1 is 1.33 bits per heavy atom. The minimum Gasteiger partial charge on any atom is -0.444 e. The van der Waals surface area contributed by atoms with Crippen molar-refractivity contribution >= 4 is 16.8 Å². The molecule has 1 aromatic rings. The highest BCUT2D eigenvalue weighted by molar-refractivity contribution is 7.85. The fourth-order valence-electron chi connectivity index (χ4n) is 1.53. The summed E-state index contributed by atoms with van der Waals surface area (Å²) in [7, 11) is -1.25. The van der Waals surface area contributed by atoms with Crippen molar-refractivity contribution < 1.29 is 13.7 Å². The molecule has 0 saturated heterocycles. The Labute approximate surface area is 90.9 Å². The maximum absolute atomic E-state index is 12.0. The van der Waals surface area contributed by atoms with Crippen molar-refractivity contribution in [3.05, 3.63) is 29.8 Å². The van der Waals surface area contributed by atoms with Gasteiger partial charge in [0.1, 0.15) is 0 Å². The van der Waals surface area contributed by atoms with Gasteiger partial charge in [0.25, 0.3) is 0 Å². The first kappa shape index (κ1) is 10.4. The zero-order valence-electron chi connectivity index (χ0n) is 8.60. The molecule has 1 aliphatic rings. The summed E-state index contributed by atoms with van der Waals surface area (Å²) in [5.74, 6) is -0.313. The fraction of sp³-hybridized carbons (Fsp3) is 0.364. The molecule has 3 nitrogen and oxygen atoms in total. The van der Waals surface area contributed by atoms with Crippen LogP contribution < -0.4 is 0 Å². The number of ether oxygens (including phenoxy) is 1. The average molecular weight is 224 g/mol. The van der Waals surface area contributed by atoms with Crippen molar-refractivity contribution in [1.29, 1.82) is 0 Å². The van der Waals surface area contributed by atoms with Gasteiger partial charge in [0.15, 0.2) is 5.44 Å². The third-order valence-corrected chi connectivity index (χ3v) is 4.15. The van der Waals surface area contributed by atoms with E-state index in [1.54, 1.807) is 24.3 Å². The first-order valence-corrected chi connectivity index (χ1v) is 6.03. The highest BCUT2D eigenvalue weighted by atomic mass is 32.2. The number of carbonyl (C=O) groups is 1. The molecule has 0 amide bonds. The maximum atomic E-state index is 12.0. The predicted molar refractivity (Wildman–Crippen MR) is 56.9 cm³/mol. The van der Waals surface area contributed by atoms with Gasteiger partial charge < -0.3 is 4.74 Å². The number of rotatable bonds is 1. The minimum atomic E-state index is -1.25. The van der Waals surface area contributed by atoms with Crippen LogP contribution in [0.1, 0.15) is 24.2 Å². The van der Waals surface area contributed by atoms with Crippen LogP contribution in [0.15, 0.2) is 29.2 Å². The summed E-state index contributed by atoms with van der Waals surface area (Å²) in [6.07, 6.45) is 0. The lowest BCUT2D eigenvalue weighted by molar-refractivity contribution is 0.0362. The Balaban J connectivity index is 2.49. The van der Waals surface area contributed by atoms with Crippen LogP contribution in [0, 0.1) is 5.92 Å². The lowest BCUT2D eigenvalue weighted by Gasteiger charge is -2.26. The highest BCUT2D eigenvalue weighted by Crippen LogP contribution is 2.28. The molecule has 0 fully saturated rings. The molecule has 0 aromatic heterocycles. The number of esters is 1. The van der Waals surface area contributed by atoms with Gasteiger partial charge in [-0.15, -0.1) is 0 Å². The van der Waals surface area contributed by atoms with Crippen LogP contribution >= 0.6 is 0 Å². The summed E-state index contributed by atoms with van der Waals surface area (Å²) in [4.78, 5) is 12.2. The second-order valence-electron chi connectivity index (χ2n) is 3.81. The van der Waals surface area contributed by atoms with Gasteiger partial charge in [-0.05, 0) is 12.1 Å². The summed E-state index contributed by atoms with van der Waals surface area (Å²) in [6.45, 7) is 3.79. The van der Waals surface area contributed by atoms with E-state index in [0.29, 0.717) is 10.5 Å². The van der Waals surface area contributed by atoms with E-state index in [4.69, 9.17) is 4.74 Å². The third kappa shape index (κ3) is 1.69. The molecular formula is C11H12O3S. The van der Waals surface area contributed by atoms with Gasteiger partial charge in [0.2, 0.25) is 0 Å². The van der Waals surface area contributed by atoms with Gasteiger partial charge in [0.05, 0.1) is 21.3 Å². The second kappa shape index (κ2) is 3.77. The van der Waals surface area contributed by atoms with E-state index in [0.717, 1.165) is 0 Å². The molecule has 80 valence electrons. The first-order chi connectivity index (χ1) is 7.11. The van der Waals surface area contributed by atoms with Crippen molar-refractivity contribution in [2.75, 3.05) is 0 Å². The minimum absolute atomic E-state index is 0.0585. The SMILES string of the molecule is CC(C)C1OC(=O)c2ccccc2S1=O. The van der Waals surface area contributed by atoms with Gasteiger partial charge in [-0.25, -0.2) is 4.79 Å². The molecule has 2 rings (SSSR count). The molecule has 2 atom stereocenters. The van der Waals surface area contributed by atoms with E-state index in [1.807, 2.05) is 13.8 Å². The van der Waals surface area contributed by atoms with Crippen LogP contribution in [0.2, 0.25) is 0 Å². The second-order valence-corrected chi connectivity index (χ2v) is 5.31. The predicted octanol–water partition coefficient (Wildman–Crippen LogP) is 1.95. The third-order valence-electron chi connectivity index (χ3n) is 2.30. The average Bonchev–Trinajstić information content (AvgIpc) is 2.23. The number of hydrogen-bond acceptors (Lipinski definition) is 3. The molecule has 1 aromatic carbocycles. The van der Waals surface area contributed by atoms with Crippen LogP contribution in [0.4, 0.5) is 0 Å². The van der Waals surface area contributed by atoms with Gasteiger partial charge >= 0.3 is 5.97 Å². The van der Waals surface area contributed by atoms with Gasteiger partial charge in [-0.1, -0.05) is 26.0 Å². The number of fused-ring (bicyclic) bond motifs is 1. The van der Waals surface area contributed by atoms with Crippen LogP contribution in [-0.2, 0) is 15.5 Å². The molecule has 4 heteroatoms. The quantitative estimate of drug-likeness (QED) is 0.685. The van der Waals surface area contributed by atoms with Crippen LogP contribution in [0.25, 0.3) is 0 Å². The molecule has 0 saturated carbocycles. The van der Waals surface area contributed by atoms with Gasteiger partial charge in [-0.2, -0.15) is 0 Å². The molecule has 0 aliphatic carbocycles. The molecule has 0 spiro atoms. The van der Waals surface area contributed by atoms with Gasteiger partial charge in [-0.3, -0.25) is 4.21 Å². The number of benzene rings is 1. The standard InChI is InChI=1S/C11H12O3S/c1-7(2)11-14-10(12)8-5-3-4-6-9(8)15(11)13/h3-7,11H,1-2H3. The highest BCUT2D eigenvalue weighted by Gasteiger charge is 2.34. The van der Waals surface area contributed by atoms with E-state index in [-0.39, 0.29) is 11.9 Å². The lowest BCUT2D eigenvalue weighted by Crippen LogP contribution is -2.33. The Kier molecular flexibility index (Phi) is 2.61. The Morgan fingerprint density at radius 3 is 2.67 bits per heavy atom. The molecule has 0 radical (unpaired) electrons. The summed E-state index contributed by atoms with van der Waals surface area (Å²) >= 11 is 0. The van der Waals surface area contributed by atoms with E-state index in [2.05, 4.69) is 0 Å². The largest absolute Gasteiger partial charge is 0.444 e. The van der Waals surface area contributed by atoms with Crippen LogP contribution in [0.5, 0.6) is 0 Å². The van der Waals surface area contributed by atoms with Gasteiger partial charge in [0, 0.05) is 5.92 Å². The summed E-state index contributed by atoms with van der Waals surface area (Å²) in [6, 6.07) is 6.90. The number of cyclic esters (lactones) is 1. The zero-order valence-corrected chi connectivity index (χ0v) is 9.41. The number of carbonyl (C=O) groups excluding carboxylic acids is 1. The van der Waals surface area contributed by atoms with E-state index < -0.39 is 16.2 Å². The molecule has 15 heavy (non-hydrogen) atoms. The Bertz CT molecular complexity index is 426. The number of hydrogen-bond donors (Lipinski definition) is 0. The molecule has 1 aliphatic heterocycles. The molecule has 0 N–H and O–H groups in total. The smallest absolute Gasteiger partial charge is 0.340 e. The lowest BCUT2D eigenvalue weighted by atomic mass is 10.2. The maximum Gasteiger partial charge on any atom is 0.340 e. The summed E-state index contributed by atoms with van der Waals surface area (Å²) < 4.78 is 17.2. The summed E-state index contributed by atoms with van der Waals surface area (Å²) in [5, 5.41) is 0. The monoisotopic (exact) mass is 224 g/mol. The fourth-order valence-corrected chi connectivity index (χ4v) is 3.03. The van der Waals surface area contributed by atoms with Crippen molar-refractivity contribution in [2.24, 2.45) is 5.92 Å². The van der Waals surface area contributed by atoms with E-state index in [9.17, 15) is 9.00 Å². The molecular weight excluding hydrogens is 212 g/mol.